The van der Waals surface area contributed by atoms with E-state index in [-0.39, 0.29) is 11.9 Å². The monoisotopic (exact) mass is 420 g/mol. The third-order valence-electron chi connectivity index (χ3n) is 4.96. The number of urea groups is 1. The molecule has 0 atom stereocenters. The summed E-state index contributed by atoms with van der Waals surface area (Å²) in [5, 5.41) is 5.57. The molecule has 0 aliphatic carbocycles. The van der Waals surface area contributed by atoms with Crippen molar-refractivity contribution in [3.05, 3.63) is 71.6 Å². The third-order valence-corrected chi connectivity index (χ3v) is 4.96. The summed E-state index contributed by atoms with van der Waals surface area (Å²) < 4.78 is 5.54. The molecule has 162 valence electrons. The molecule has 7 nitrogen and oxygen atoms in total. The zero-order valence-corrected chi connectivity index (χ0v) is 18.1. The van der Waals surface area contributed by atoms with Gasteiger partial charge in [0.25, 0.3) is 5.91 Å². The molecule has 2 N–H and O–H groups in total. The standard InChI is InChI=1S/C24H28N4O3/c1-4-28(5-2)23(29)19-10-12-20(13-11-19)27-24(30)25-15-14-21-16-31-22(26-21)18-8-6-17(3)7-9-18/h6-13,16H,4-5,14-15H2,1-3H3,(H2,25,27,30). The Balaban J connectivity index is 1.46. The van der Waals surface area contributed by atoms with E-state index >= 15 is 0 Å². The number of amides is 3. The van der Waals surface area contributed by atoms with Crippen LogP contribution in [0, 0.1) is 6.92 Å². The van der Waals surface area contributed by atoms with Gasteiger partial charge < -0.3 is 20.0 Å². The molecular weight excluding hydrogens is 392 g/mol. The predicted molar refractivity (Wildman–Crippen MR) is 121 cm³/mol. The largest absolute Gasteiger partial charge is 0.444 e. The highest BCUT2D eigenvalue weighted by Gasteiger charge is 2.12. The maximum atomic E-state index is 12.3. The van der Waals surface area contributed by atoms with Crippen LogP contribution in [0.15, 0.2) is 59.2 Å². The summed E-state index contributed by atoms with van der Waals surface area (Å²) in [6, 6.07) is 14.5. The summed E-state index contributed by atoms with van der Waals surface area (Å²) >= 11 is 0. The van der Waals surface area contributed by atoms with Gasteiger partial charge in [0.05, 0.1) is 5.69 Å². The van der Waals surface area contributed by atoms with E-state index in [1.807, 2.05) is 45.0 Å². The second-order valence-electron chi connectivity index (χ2n) is 7.20. The van der Waals surface area contributed by atoms with Crippen LogP contribution in [0.2, 0.25) is 0 Å². The number of carbonyl (C=O) groups excluding carboxylic acids is 2. The number of nitrogens with zero attached hydrogens (tertiary/aromatic N) is 2. The van der Waals surface area contributed by atoms with Gasteiger partial charge in [-0.1, -0.05) is 17.7 Å². The predicted octanol–water partition coefficient (Wildman–Crippen LogP) is 4.50. The van der Waals surface area contributed by atoms with E-state index in [1.165, 1.54) is 5.56 Å². The summed E-state index contributed by atoms with van der Waals surface area (Å²) in [5.41, 5.74) is 4.10. The Kier molecular flexibility index (Phi) is 7.43. The van der Waals surface area contributed by atoms with Crippen LogP contribution in [0.5, 0.6) is 0 Å². The Bertz CT molecular complexity index is 1010. The smallest absolute Gasteiger partial charge is 0.319 e. The van der Waals surface area contributed by atoms with Crippen LogP contribution in [0.1, 0.15) is 35.5 Å². The van der Waals surface area contributed by atoms with Crippen molar-refractivity contribution in [3.63, 3.8) is 0 Å². The van der Waals surface area contributed by atoms with Crippen molar-refractivity contribution >= 4 is 17.6 Å². The zero-order valence-electron chi connectivity index (χ0n) is 18.1. The molecule has 7 heteroatoms. The Morgan fingerprint density at radius 3 is 2.32 bits per heavy atom. The molecule has 1 heterocycles. The molecule has 0 radical (unpaired) electrons. The number of anilines is 1. The van der Waals surface area contributed by atoms with E-state index < -0.39 is 0 Å². The number of aryl methyl sites for hydroxylation is 1. The van der Waals surface area contributed by atoms with Gasteiger partial charge in [-0.25, -0.2) is 9.78 Å². The normalized spacial score (nSPS) is 10.5. The molecule has 31 heavy (non-hydrogen) atoms. The highest BCUT2D eigenvalue weighted by molar-refractivity contribution is 5.95. The summed E-state index contributed by atoms with van der Waals surface area (Å²) in [4.78, 5) is 30.7. The molecular formula is C24H28N4O3. The minimum atomic E-state index is -0.315. The molecule has 3 aromatic rings. The Morgan fingerprint density at radius 1 is 1.00 bits per heavy atom. The molecule has 0 bridgehead atoms. The third kappa shape index (κ3) is 5.94. The maximum Gasteiger partial charge on any atom is 0.319 e. The Morgan fingerprint density at radius 2 is 1.68 bits per heavy atom. The van der Waals surface area contributed by atoms with Gasteiger partial charge in [0, 0.05) is 42.9 Å². The lowest BCUT2D eigenvalue weighted by Crippen LogP contribution is -2.31. The Hall–Kier alpha value is -3.61. The van der Waals surface area contributed by atoms with Gasteiger partial charge in [-0.3, -0.25) is 4.79 Å². The first-order valence-corrected chi connectivity index (χ1v) is 10.5. The first-order chi connectivity index (χ1) is 15.0. The summed E-state index contributed by atoms with van der Waals surface area (Å²) in [6.07, 6.45) is 2.17. The van der Waals surface area contributed by atoms with Crippen molar-refractivity contribution in [1.82, 2.24) is 15.2 Å². The molecule has 1 aromatic heterocycles. The molecule has 3 rings (SSSR count). The second-order valence-corrected chi connectivity index (χ2v) is 7.20. The lowest BCUT2D eigenvalue weighted by molar-refractivity contribution is 0.0773. The molecule has 0 saturated carbocycles. The van der Waals surface area contributed by atoms with Gasteiger partial charge in [-0.2, -0.15) is 0 Å². The van der Waals surface area contributed by atoms with Crippen molar-refractivity contribution in [2.75, 3.05) is 25.0 Å². The first kappa shape index (κ1) is 22.1. The van der Waals surface area contributed by atoms with E-state index in [9.17, 15) is 9.59 Å². The van der Waals surface area contributed by atoms with E-state index in [2.05, 4.69) is 15.6 Å². The average molecular weight is 421 g/mol. The molecule has 0 aliphatic heterocycles. The van der Waals surface area contributed by atoms with Crippen LogP contribution >= 0.6 is 0 Å². The lowest BCUT2D eigenvalue weighted by Gasteiger charge is -2.18. The van der Waals surface area contributed by atoms with Gasteiger partial charge in [-0.15, -0.1) is 0 Å². The van der Waals surface area contributed by atoms with Gasteiger partial charge in [0.2, 0.25) is 5.89 Å². The number of carbonyl (C=O) groups is 2. The molecule has 3 amide bonds. The van der Waals surface area contributed by atoms with Gasteiger partial charge >= 0.3 is 6.03 Å². The quantitative estimate of drug-likeness (QED) is 0.562. The molecule has 2 aromatic carbocycles. The van der Waals surface area contributed by atoms with Crippen LogP contribution in [-0.2, 0) is 6.42 Å². The topological polar surface area (TPSA) is 87.5 Å². The summed E-state index contributed by atoms with van der Waals surface area (Å²) in [5.74, 6) is 0.553. The van der Waals surface area contributed by atoms with Gasteiger partial charge in [-0.05, 0) is 57.2 Å². The highest BCUT2D eigenvalue weighted by Crippen LogP contribution is 2.19. The fraction of sp³-hybridized carbons (Fsp3) is 0.292. The number of aromatic nitrogens is 1. The minimum absolute atomic E-state index is 0.0152. The number of hydrogen-bond donors (Lipinski definition) is 2. The Labute approximate surface area is 182 Å². The fourth-order valence-corrected chi connectivity index (χ4v) is 3.12. The van der Waals surface area contributed by atoms with Crippen LogP contribution in [0.4, 0.5) is 10.5 Å². The summed E-state index contributed by atoms with van der Waals surface area (Å²) in [6.45, 7) is 7.67. The zero-order chi connectivity index (χ0) is 22.2. The van der Waals surface area contributed by atoms with E-state index in [4.69, 9.17) is 4.42 Å². The molecule has 0 fully saturated rings. The first-order valence-electron chi connectivity index (χ1n) is 10.5. The highest BCUT2D eigenvalue weighted by atomic mass is 16.3. The number of oxazole rings is 1. The van der Waals surface area contributed by atoms with Crippen molar-refractivity contribution in [2.45, 2.75) is 27.2 Å². The van der Waals surface area contributed by atoms with Crippen molar-refractivity contribution in [2.24, 2.45) is 0 Å². The lowest BCUT2D eigenvalue weighted by atomic mass is 10.1. The van der Waals surface area contributed by atoms with Gasteiger partial charge in [0.1, 0.15) is 6.26 Å². The van der Waals surface area contributed by atoms with E-state index in [0.717, 1.165) is 11.3 Å². The average Bonchev–Trinajstić information content (AvgIpc) is 3.24. The van der Waals surface area contributed by atoms with Crippen LogP contribution in [0.25, 0.3) is 11.5 Å². The van der Waals surface area contributed by atoms with Crippen LogP contribution < -0.4 is 10.6 Å². The van der Waals surface area contributed by atoms with Gasteiger partial charge in [0.15, 0.2) is 0 Å². The maximum absolute atomic E-state index is 12.3. The minimum Gasteiger partial charge on any atom is -0.444 e. The van der Waals surface area contributed by atoms with E-state index in [1.54, 1.807) is 35.4 Å². The molecule has 0 spiro atoms. The summed E-state index contributed by atoms with van der Waals surface area (Å²) in [7, 11) is 0. The molecule has 0 unspecified atom stereocenters. The van der Waals surface area contributed by atoms with Crippen molar-refractivity contribution in [1.29, 1.82) is 0 Å². The number of hydrogen-bond acceptors (Lipinski definition) is 4. The number of benzene rings is 2. The number of nitrogens with one attached hydrogen (secondary N) is 2. The van der Waals surface area contributed by atoms with Crippen molar-refractivity contribution < 1.29 is 14.0 Å². The molecule has 0 saturated heterocycles. The second kappa shape index (κ2) is 10.4. The number of rotatable bonds is 8. The van der Waals surface area contributed by atoms with Crippen LogP contribution in [-0.4, -0.2) is 41.5 Å². The fourth-order valence-electron chi connectivity index (χ4n) is 3.12. The van der Waals surface area contributed by atoms with Crippen LogP contribution in [0.3, 0.4) is 0 Å². The SMILES string of the molecule is CCN(CC)C(=O)c1ccc(NC(=O)NCCc2coc(-c3ccc(C)cc3)n2)cc1. The molecule has 0 aliphatic rings. The van der Waals surface area contributed by atoms with Crippen molar-refractivity contribution in [3.8, 4) is 11.5 Å². The van der Waals surface area contributed by atoms with E-state index in [0.29, 0.717) is 43.2 Å².